The molecule has 2 aromatic rings. The average Bonchev–Trinajstić information content (AvgIpc) is 2.46. The number of aromatic hydroxyl groups is 1. The largest absolute Gasteiger partial charge is 0.508 e. The number of benzene rings is 1. The molecule has 0 spiro atoms. The Kier molecular flexibility index (Phi) is 1.88. The van der Waals surface area contributed by atoms with Gasteiger partial charge in [-0.1, -0.05) is 6.92 Å². The molecule has 3 N–H and O–H groups in total. The van der Waals surface area contributed by atoms with Crippen LogP contribution in [-0.2, 0) is 6.42 Å². The van der Waals surface area contributed by atoms with Gasteiger partial charge < -0.3 is 10.8 Å². The van der Waals surface area contributed by atoms with E-state index in [0.29, 0.717) is 5.75 Å². The number of thiophene rings is 1. The SMILES string of the molecule is CCc1cc2c(N)csc2cc1O. The Bertz CT molecular complexity index is 447. The second kappa shape index (κ2) is 2.92. The number of phenolic OH excluding ortho intramolecular Hbond substituents is 1. The van der Waals surface area contributed by atoms with Gasteiger partial charge in [0, 0.05) is 15.5 Å². The first-order valence-corrected chi connectivity index (χ1v) is 5.09. The van der Waals surface area contributed by atoms with E-state index in [-0.39, 0.29) is 0 Å². The third kappa shape index (κ3) is 1.25. The van der Waals surface area contributed by atoms with Crippen LogP contribution in [0.5, 0.6) is 5.75 Å². The van der Waals surface area contributed by atoms with E-state index in [2.05, 4.69) is 0 Å². The number of hydrogen-bond acceptors (Lipinski definition) is 3. The minimum atomic E-state index is 0.372. The monoisotopic (exact) mass is 193 g/mol. The van der Waals surface area contributed by atoms with Crippen LogP contribution in [0.1, 0.15) is 12.5 Å². The predicted octanol–water partition coefficient (Wildman–Crippen LogP) is 2.75. The van der Waals surface area contributed by atoms with E-state index < -0.39 is 0 Å². The molecule has 3 heteroatoms. The molecule has 68 valence electrons. The van der Waals surface area contributed by atoms with Gasteiger partial charge in [0.2, 0.25) is 0 Å². The second-order valence-corrected chi connectivity index (χ2v) is 3.93. The van der Waals surface area contributed by atoms with Gasteiger partial charge in [0.15, 0.2) is 0 Å². The van der Waals surface area contributed by atoms with Gasteiger partial charge in [-0.25, -0.2) is 0 Å². The molecule has 1 aromatic heterocycles. The normalized spacial score (nSPS) is 10.8. The summed E-state index contributed by atoms with van der Waals surface area (Å²) < 4.78 is 1.05. The number of nitrogens with two attached hydrogens (primary N) is 1. The van der Waals surface area contributed by atoms with Crippen molar-refractivity contribution in [1.82, 2.24) is 0 Å². The van der Waals surface area contributed by atoms with Crippen molar-refractivity contribution in [3.8, 4) is 5.75 Å². The maximum Gasteiger partial charge on any atom is 0.120 e. The van der Waals surface area contributed by atoms with Gasteiger partial charge in [-0.05, 0) is 24.1 Å². The molecule has 0 unspecified atom stereocenters. The summed E-state index contributed by atoms with van der Waals surface area (Å²) in [6.45, 7) is 2.02. The Hall–Kier alpha value is -1.22. The number of nitrogen functional groups attached to an aromatic ring is 1. The van der Waals surface area contributed by atoms with Gasteiger partial charge in [-0.15, -0.1) is 11.3 Å². The van der Waals surface area contributed by atoms with Crippen LogP contribution in [0.25, 0.3) is 10.1 Å². The van der Waals surface area contributed by atoms with Crippen molar-refractivity contribution in [1.29, 1.82) is 0 Å². The minimum absolute atomic E-state index is 0.372. The van der Waals surface area contributed by atoms with Crippen LogP contribution in [-0.4, -0.2) is 5.11 Å². The zero-order valence-corrected chi connectivity index (χ0v) is 8.19. The summed E-state index contributed by atoms with van der Waals surface area (Å²) in [6, 6.07) is 3.76. The Morgan fingerprint density at radius 3 is 2.92 bits per heavy atom. The van der Waals surface area contributed by atoms with Crippen molar-refractivity contribution >= 4 is 27.1 Å². The second-order valence-electron chi connectivity index (χ2n) is 3.02. The predicted molar refractivity (Wildman–Crippen MR) is 57.3 cm³/mol. The highest BCUT2D eigenvalue weighted by Crippen LogP contribution is 2.33. The molecule has 1 aromatic carbocycles. The maximum absolute atomic E-state index is 9.58. The lowest BCUT2D eigenvalue weighted by Crippen LogP contribution is -1.84. The molecule has 1 heterocycles. The molecule has 2 rings (SSSR count). The fraction of sp³-hybridized carbons (Fsp3) is 0.200. The zero-order valence-electron chi connectivity index (χ0n) is 7.37. The molecular formula is C10H11NOS. The quantitative estimate of drug-likeness (QED) is 0.731. The van der Waals surface area contributed by atoms with Gasteiger partial charge in [0.25, 0.3) is 0 Å². The first-order chi connectivity index (χ1) is 6.22. The average molecular weight is 193 g/mol. The topological polar surface area (TPSA) is 46.2 Å². The van der Waals surface area contributed by atoms with Crippen molar-refractivity contribution in [2.24, 2.45) is 0 Å². The van der Waals surface area contributed by atoms with Crippen molar-refractivity contribution in [3.05, 3.63) is 23.1 Å². The van der Waals surface area contributed by atoms with Gasteiger partial charge >= 0.3 is 0 Å². The lowest BCUT2D eigenvalue weighted by atomic mass is 10.1. The molecule has 13 heavy (non-hydrogen) atoms. The highest BCUT2D eigenvalue weighted by Gasteiger charge is 2.05. The number of rotatable bonds is 1. The Morgan fingerprint density at radius 2 is 2.23 bits per heavy atom. The van der Waals surface area contributed by atoms with Gasteiger partial charge in [0.05, 0.1) is 5.69 Å². The first-order valence-electron chi connectivity index (χ1n) is 4.21. The van der Waals surface area contributed by atoms with Gasteiger partial charge in [-0.3, -0.25) is 0 Å². The third-order valence-corrected chi connectivity index (χ3v) is 3.15. The van der Waals surface area contributed by atoms with Crippen LogP contribution in [0, 0.1) is 0 Å². The van der Waals surface area contributed by atoms with Crippen LogP contribution in [0.2, 0.25) is 0 Å². The molecule has 0 fully saturated rings. The standard InChI is InChI=1S/C10H11NOS/c1-2-6-3-7-8(11)5-13-10(7)4-9(6)12/h3-5,12H,2,11H2,1H3. The lowest BCUT2D eigenvalue weighted by Gasteiger charge is -2.01. The van der Waals surface area contributed by atoms with E-state index >= 15 is 0 Å². The van der Waals surface area contributed by atoms with Crippen LogP contribution < -0.4 is 5.73 Å². The van der Waals surface area contributed by atoms with Crippen molar-refractivity contribution in [3.63, 3.8) is 0 Å². The molecule has 0 saturated heterocycles. The van der Waals surface area contributed by atoms with E-state index in [4.69, 9.17) is 5.73 Å². The summed E-state index contributed by atoms with van der Waals surface area (Å²) in [7, 11) is 0. The van der Waals surface area contributed by atoms with E-state index in [1.165, 1.54) is 0 Å². The number of phenols is 1. The van der Waals surface area contributed by atoms with E-state index in [9.17, 15) is 5.11 Å². The molecule has 0 saturated carbocycles. The summed E-state index contributed by atoms with van der Waals surface area (Å²) in [5.41, 5.74) is 7.54. The molecule has 0 bridgehead atoms. The molecule has 0 atom stereocenters. The van der Waals surface area contributed by atoms with Crippen molar-refractivity contribution in [2.45, 2.75) is 13.3 Å². The number of anilines is 1. The number of hydrogen-bond donors (Lipinski definition) is 2. The minimum Gasteiger partial charge on any atom is -0.508 e. The fourth-order valence-corrected chi connectivity index (χ4v) is 2.27. The highest BCUT2D eigenvalue weighted by atomic mass is 32.1. The molecular weight excluding hydrogens is 182 g/mol. The molecule has 2 nitrogen and oxygen atoms in total. The maximum atomic E-state index is 9.58. The molecule has 0 aliphatic heterocycles. The van der Waals surface area contributed by atoms with E-state index in [0.717, 1.165) is 27.8 Å². The summed E-state index contributed by atoms with van der Waals surface area (Å²) in [4.78, 5) is 0. The van der Waals surface area contributed by atoms with Crippen LogP contribution in [0.4, 0.5) is 5.69 Å². The van der Waals surface area contributed by atoms with Crippen LogP contribution in [0.3, 0.4) is 0 Å². The van der Waals surface area contributed by atoms with Gasteiger partial charge in [-0.2, -0.15) is 0 Å². The summed E-state index contributed by atoms with van der Waals surface area (Å²) in [5.74, 6) is 0.372. The lowest BCUT2D eigenvalue weighted by molar-refractivity contribution is 0.470. The van der Waals surface area contributed by atoms with Crippen molar-refractivity contribution < 1.29 is 5.11 Å². The fourth-order valence-electron chi connectivity index (χ4n) is 1.41. The van der Waals surface area contributed by atoms with Gasteiger partial charge in [0.1, 0.15) is 5.75 Å². The Balaban J connectivity index is 2.77. The highest BCUT2D eigenvalue weighted by molar-refractivity contribution is 7.17. The van der Waals surface area contributed by atoms with Crippen molar-refractivity contribution in [2.75, 3.05) is 5.73 Å². The molecule has 0 aliphatic rings. The summed E-state index contributed by atoms with van der Waals surface area (Å²) in [5, 5.41) is 12.5. The summed E-state index contributed by atoms with van der Waals surface area (Å²) in [6.07, 6.45) is 0.830. The molecule has 0 aliphatic carbocycles. The van der Waals surface area contributed by atoms with E-state index in [1.807, 2.05) is 18.4 Å². The molecule has 0 amide bonds. The van der Waals surface area contributed by atoms with Crippen LogP contribution >= 0.6 is 11.3 Å². The molecule has 0 radical (unpaired) electrons. The number of aryl methyl sites for hydroxylation is 1. The smallest absolute Gasteiger partial charge is 0.120 e. The summed E-state index contributed by atoms with van der Waals surface area (Å²) >= 11 is 1.56. The number of fused-ring (bicyclic) bond motifs is 1. The van der Waals surface area contributed by atoms with Crippen LogP contribution in [0.15, 0.2) is 17.5 Å². The Morgan fingerprint density at radius 1 is 1.46 bits per heavy atom. The zero-order chi connectivity index (χ0) is 9.42. The third-order valence-electron chi connectivity index (χ3n) is 2.19. The first kappa shape index (κ1) is 8.38. The Labute approximate surface area is 80.6 Å². The van der Waals surface area contributed by atoms with E-state index in [1.54, 1.807) is 17.4 Å².